The molecule has 0 radical (unpaired) electrons. The maximum atomic E-state index is 11.4. The highest BCUT2D eigenvalue weighted by Gasteiger charge is 2.47. The van der Waals surface area contributed by atoms with Gasteiger partial charge in [-0.3, -0.25) is 4.90 Å². The lowest BCUT2D eigenvalue weighted by Crippen LogP contribution is -2.58. The summed E-state index contributed by atoms with van der Waals surface area (Å²) in [4.78, 5) is 15.4. The summed E-state index contributed by atoms with van der Waals surface area (Å²) in [5.41, 5.74) is 0.523. The molecule has 44 heavy (non-hydrogen) atoms. The van der Waals surface area contributed by atoms with Crippen LogP contribution >= 0.6 is 0 Å². The zero-order valence-corrected chi connectivity index (χ0v) is 29.1. The first-order chi connectivity index (χ1) is 20.7. The molecule has 0 aliphatic carbocycles. The van der Waals surface area contributed by atoms with Gasteiger partial charge in [-0.25, -0.2) is 9.97 Å². The molecule has 10 nitrogen and oxygen atoms in total. The number of aliphatic hydroxyl groups excluding tert-OH is 1. The number of rotatable bonds is 7. The highest BCUT2D eigenvalue weighted by atomic mass is 16.7. The molecule has 0 spiro atoms. The highest BCUT2D eigenvalue weighted by Crippen LogP contribution is 2.39. The van der Waals surface area contributed by atoms with E-state index in [1.807, 2.05) is 26.5 Å². The molecular weight excluding hydrogens is 558 g/mol. The standard InChI is InChI=1S/C34H61N5O5/c1-23-12-34(6,41-10)31(44-32-30(40)28(37(7)8)11-25(3)43-32)24(2)13-33(4,5)21-42-20-29(38(9)16-23)27-18-39(19-27)17-26-14-35-22-36-15-26/h14-15,22-25,27-32,40H,11-13,16-21H2,1-10H3/t23-,24-,25-,28+,29+,30-,31-,32+,34-/m1/s1. The molecule has 3 fully saturated rings. The Bertz CT molecular complexity index is 1010. The first-order valence-electron chi connectivity index (χ1n) is 16.7. The van der Waals surface area contributed by atoms with Crippen LogP contribution in [0.15, 0.2) is 18.7 Å². The van der Waals surface area contributed by atoms with Crippen molar-refractivity contribution in [2.45, 2.75) is 110 Å². The summed E-state index contributed by atoms with van der Waals surface area (Å²) in [5.74, 6) is 1.04. The van der Waals surface area contributed by atoms with Crippen molar-refractivity contribution in [3.05, 3.63) is 24.3 Å². The zero-order valence-electron chi connectivity index (χ0n) is 29.1. The summed E-state index contributed by atoms with van der Waals surface area (Å²) in [7, 11) is 8.08. The predicted molar refractivity (Wildman–Crippen MR) is 172 cm³/mol. The van der Waals surface area contributed by atoms with Gasteiger partial charge in [-0.2, -0.15) is 0 Å². The molecule has 1 aromatic heterocycles. The number of likely N-dealkylation sites (tertiary alicyclic amines) is 1. The average molecular weight is 620 g/mol. The fourth-order valence-corrected chi connectivity index (χ4v) is 8.15. The third kappa shape index (κ3) is 8.97. The first-order valence-corrected chi connectivity index (χ1v) is 16.7. The second kappa shape index (κ2) is 15.1. The number of nitrogens with zero attached hydrogens (tertiary/aromatic N) is 5. The molecule has 0 saturated carbocycles. The van der Waals surface area contributed by atoms with Crippen LogP contribution in [0.5, 0.6) is 0 Å². The number of likely N-dealkylation sites (N-methyl/N-ethyl adjacent to an activating group) is 2. The van der Waals surface area contributed by atoms with Crippen LogP contribution in [0.3, 0.4) is 0 Å². The number of aromatic nitrogens is 2. The minimum absolute atomic E-state index is 0.00697. The monoisotopic (exact) mass is 619 g/mol. The van der Waals surface area contributed by atoms with Crippen molar-refractivity contribution in [2.75, 3.05) is 61.1 Å². The van der Waals surface area contributed by atoms with Gasteiger partial charge in [-0.15, -0.1) is 0 Å². The summed E-state index contributed by atoms with van der Waals surface area (Å²) in [6.45, 7) is 18.7. The zero-order chi connectivity index (χ0) is 32.2. The van der Waals surface area contributed by atoms with Crippen LogP contribution in [0.25, 0.3) is 0 Å². The van der Waals surface area contributed by atoms with E-state index >= 15 is 0 Å². The van der Waals surface area contributed by atoms with Gasteiger partial charge in [0, 0.05) is 69.2 Å². The Morgan fingerprint density at radius 3 is 2.39 bits per heavy atom. The Kier molecular flexibility index (Phi) is 12.2. The van der Waals surface area contributed by atoms with E-state index in [2.05, 4.69) is 73.3 Å². The van der Waals surface area contributed by atoms with E-state index in [0.717, 1.165) is 57.6 Å². The van der Waals surface area contributed by atoms with E-state index in [0.29, 0.717) is 24.5 Å². The van der Waals surface area contributed by atoms with E-state index in [1.54, 1.807) is 13.4 Å². The topological polar surface area (TPSA) is 92.7 Å². The van der Waals surface area contributed by atoms with Crippen molar-refractivity contribution < 1.29 is 24.1 Å². The Balaban J connectivity index is 1.51. The molecule has 0 amide bonds. The summed E-state index contributed by atoms with van der Waals surface area (Å²) >= 11 is 0. The van der Waals surface area contributed by atoms with Crippen molar-refractivity contribution in [3.8, 4) is 0 Å². The molecule has 252 valence electrons. The minimum Gasteiger partial charge on any atom is -0.386 e. The average Bonchev–Trinajstić information content (AvgIpc) is 2.93. The normalized spacial score (nSPS) is 38.8. The quantitative estimate of drug-likeness (QED) is 0.489. The van der Waals surface area contributed by atoms with Crippen molar-refractivity contribution >= 4 is 0 Å². The van der Waals surface area contributed by atoms with Gasteiger partial charge in [0.05, 0.1) is 31.0 Å². The van der Waals surface area contributed by atoms with Gasteiger partial charge in [0.2, 0.25) is 0 Å². The van der Waals surface area contributed by atoms with Crippen LogP contribution in [-0.2, 0) is 25.5 Å². The Labute approximate surface area is 266 Å². The summed E-state index contributed by atoms with van der Waals surface area (Å²) in [5, 5.41) is 11.4. The summed E-state index contributed by atoms with van der Waals surface area (Å²) < 4.78 is 26.1. The minimum atomic E-state index is -0.740. The van der Waals surface area contributed by atoms with E-state index in [9.17, 15) is 5.11 Å². The van der Waals surface area contributed by atoms with Gasteiger partial charge in [-0.1, -0.05) is 27.7 Å². The van der Waals surface area contributed by atoms with Crippen LogP contribution in [-0.4, -0.2) is 133 Å². The third-order valence-corrected chi connectivity index (χ3v) is 10.3. The van der Waals surface area contributed by atoms with Gasteiger partial charge in [0.25, 0.3) is 0 Å². The molecular formula is C34H61N5O5. The molecule has 10 heteroatoms. The Morgan fingerprint density at radius 1 is 1.07 bits per heavy atom. The maximum Gasteiger partial charge on any atom is 0.185 e. The maximum absolute atomic E-state index is 11.4. The van der Waals surface area contributed by atoms with Gasteiger partial charge in [0.1, 0.15) is 12.4 Å². The molecule has 4 heterocycles. The first kappa shape index (κ1) is 35.6. The second-order valence-corrected chi connectivity index (χ2v) is 15.5. The molecule has 3 aliphatic heterocycles. The van der Waals surface area contributed by atoms with E-state index < -0.39 is 18.0 Å². The number of hydrogen-bond donors (Lipinski definition) is 1. The molecule has 0 unspecified atom stereocenters. The molecule has 1 N–H and O–H groups in total. The van der Waals surface area contributed by atoms with Crippen LogP contribution < -0.4 is 0 Å². The third-order valence-electron chi connectivity index (χ3n) is 10.3. The molecule has 1 aromatic rings. The Morgan fingerprint density at radius 2 is 1.75 bits per heavy atom. The molecule has 9 atom stereocenters. The van der Waals surface area contributed by atoms with Crippen LogP contribution in [0.1, 0.15) is 66.4 Å². The van der Waals surface area contributed by atoms with E-state index in [1.165, 1.54) is 0 Å². The fourth-order valence-electron chi connectivity index (χ4n) is 8.15. The van der Waals surface area contributed by atoms with Gasteiger partial charge >= 0.3 is 0 Å². The van der Waals surface area contributed by atoms with E-state index in [4.69, 9.17) is 18.9 Å². The lowest BCUT2D eigenvalue weighted by atomic mass is 9.75. The van der Waals surface area contributed by atoms with Crippen LogP contribution in [0.2, 0.25) is 0 Å². The number of hydrogen-bond acceptors (Lipinski definition) is 10. The second-order valence-electron chi connectivity index (χ2n) is 15.5. The lowest BCUT2D eigenvalue weighted by Gasteiger charge is -2.48. The number of aliphatic hydroxyl groups is 1. The molecule has 3 aliphatic rings. The molecule has 0 aromatic carbocycles. The Hall–Kier alpha value is -1.24. The SMILES string of the molecule is CO[C@]1(C)C[C@@H](C)CN(C)[C@H](C2CN(Cc3cncnc3)C2)COCC(C)(C)C[C@@H](C)[C@H]1O[C@@H]1O[C@H](C)C[C@H](N(C)C)[C@H]1O. The summed E-state index contributed by atoms with van der Waals surface area (Å²) in [6.07, 6.45) is 6.17. The van der Waals surface area contributed by atoms with Crippen molar-refractivity contribution in [2.24, 2.45) is 23.2 Å². The van der Waals surface area contributed by atoms with Crippen LogP contribution in [0, 0.1) is 23.2 Å². The van der Waals surface area contributed by atoms with Crippen LogP contribution in [0.4, 0.5) is 0 Å². The summed E-state index contributed by atoms with van der Waals surface area (Å²) in [6, 6.07) is 0.311. The van der Waals surface area contributed by atoms with Gasteiger partial charge in [-0.05, 0) is 71.5 Å². The van der Waals surface area contributed by atoms with E-state index in [-0.39, 0.29) is 29.6 Å². The molecule has 4 rings (SSSR count). The van der Waals surface area contributed by atoms with Crippen molar-refractivity contribution in [1.29, 1.82) is 0 Å². The van der Waals surface area contributed by atoms with Crippen molar-refractivity contribution in [1.82, 2.24) is 24.7 Å². The molecule has 0 bridgehead atoms. The fraction of sp³-hybridized carbons (Fsp3) is 0.882. The molecule has 3 saturated heterocycles. The largest absolute Gasteiger partial charge is 0.386 e. The van der Waals surface area contributed by atoms with Gasteiger partial charge < -0.3 is 33.9 Å². The predicted octanol–water partition coefficient (Wildman–Crippen LogP) is 3.53. The lowest BCUT2D eigenvalue weighted by molar-refractivity contribution is -0.298. The smallest absolute Gasteiger partial charge is 0.185 e. The van der Waals surface area contributed by atoms with Crippen molar-refractivity contribution in [3.63, 3.8) is 0 Å². The number of ether oxygens (including phenoxy) is 4. The highest BCUT2D eigenvalue weighted by molar-refractivity contribution is 5.04. The number of methoxy groups -OCH3 is 1. The van der Waals surface area contributed by atoms with Gasteiger partial charge in [0.15, 0.2) is 6.29 Å².